The highest BCUT2D eigenvalue weighted by atomic mass is 32.2. The fraction of sp³-hybridized carbons (Fsp3) is 0.875. The summed E-state index contributed by atoms with van der Waals surface area (Å²) in [6.45, 7) is 0. The van der Waals surface area contributed by atoms with Crippen molar-refractivity contribution in [3.05, 3.63) is 0 Å². The molecule has 1 saturated carbocycles. The molecule has 0 amide bonds. The fourth-order valence-electron chi connectivity index (χ4n) is 1.87. The molecule has 0 N–H and O–H groups in total. The van der Waals surface area contributed by atoms with Gasteiger partial charge in [0.1, 0.15) is 0 Å². The van der Waals surface area contributed by atoms with Crippen LogP contribution in [-0.4, -0.2) is 17.3 Å². The number of fused-ring (bicyclic) bond motifs is 1. The fourth-order valence-corrected chi connectivity index (χ4v) is 2.83. The third kappa shape index (κ3) is 1.22. The van der Waals surface area contributed by atoms with Gasteiger partial charge in [0.05, 0.1) is 11.6 Å². The van der Waals surface area contributed by atoms with Gasteiger partial charge in [-0.3, -0.25) is 4.99 Å². The molecule has 1 aliphatic carbocycles. The van der Waals surface area contributed by atoms with Crippen LogP contribution in [0.4, 0.5) is 0 Å². The van der Waals surface area contributed by atoms with Crippen molar-refractivity contribution in [2.75, 3.05) is 5.75 Å². The maximum Gasteiger partial charge on any atom is 0.0544 e. The molecular weight excluding hydrogens is 142 g/mol. The second kappa shape index (κ2) is 2.95. The number of aliphatic imine (C=N–C) groups is 1. The summed E-state index contributed by atoms with van der Waals surface area (Å²) in [6.07, 6.45) is 5.62. The zero-order chi connectivity index (χ0) is 6.81. The molecule has 1 nitrogen and oxygen atoms in total. The molecule has 2 heteroatoms. The Bertz CT molecular complexity index is 144. The van der Waals surface area contributed by atoms with Gasteiger partial charge in [0.25, 0.3) is 0 Å². The minimum atomic E-state index is 0.704. The van der Waals surface area contributed by atoms with Crippen LogP contribution < -0.4 is 0 Å². The number of thioether (sulfide) groups is 1. The van der Waals surface area contributed by atoms with Gasteiger partial charge in [0, 0.05) is 5.75 Å². The van der Waals surface area contributed by atoms with Crippen molar-refractivity contribution in [3.63, 3.8) is 0 Å². The summed E-state index contributed by atoms with van der Waals surface area (Å²) in [5.74, 6) is 2.25. The monoisotopic (exact) mass is 155 g/mol. The van der Waals surface area contributed by atoms with E-state index in [4.69, 9.17) is 0 Å². The maximum absolute atomic E-state index is 4.49. The zero-order valence-corrected chi connectivity index (χ0v) is 6.94. The van der Waals surface area contributed by atoms with E-state index in [9.17, 15) is 0 Å². The van der Waals surface area contributed by atoms with Crippen LogP contribution in [0.15, 0.2) is 4.99 Å². The summed E-state index contributed by atoms with van der Waals surface area (Å²) >= 11 is 1.89. The average Bonchev–Trinajstić information content (AvgIpc) is 2.05. The number of hydrogen-bond acceptors (Lipinski definition) is 2. The number of nitrogens with zero attached hydrogens (tertiary/aromatic N) is 1. The minimum absolute atomic E-state index is 0.704. The summed E-state index contributed by atoms with van der Waals surface area (Å²) in [5.41, 5.74) is 2.05. The van der Waals surface area contributed by atoms with E-state index in [1.807, 2.05) is 17.3 Å². The lowest BCUT2D eigenvalue weighted by Gasteiger charge is -2.30. The Morgan fingerprint density at radius 3 is 3.10 bits per heavy atom. The molecule has 0 radical (unpaired) electrons. The molecule has 0 aromatic heterocycles. The molecular formula is C8H13NS. The van der Waals surface area contributed by atoms with E-state index in [2.05, 4.69) is 4.99 Å². The van der Waals surface area contributed by atoms with Crippen molar-refractivity contribution < 1.29 is 0 Å². The smallest absolute Gasteiger partial charge is 0.0544 e. The van der Waals surface area contributed by atoms with Gasteiger partial charge in [-0.05, 0) is 18.8 Å². The van der Waals surface area contributed by atoms with Crippen LogP contribution in [0.25, 0.3) is 0 Å². The topological polar surface area (TPSA) is 12.4 Å². The molecule has 1 fully saturated rings. The molecule has 2 aliphatic rings. The first-order valence-corrected chi connectivity index (χ1v) is 5.15. The quantitative estimate of drug-likeness (QED) is 0.523. The molecule has 2 atom stereocenters. The Morgan fingerprint density at radius 1 is 1.30 bits per heavy atom. The number of rotatable bonds is 0. The molecule has 0 aromatic rings. The van der Waals surface area contributed by atoms with E-state index in [0.717, 1.165) is 5.92 Å². The molecule has 0 bridgehead atoms. The summed E-state index contributed by atoms with van der Waals surface area (Å²) in [5, 5.41) is 0. The van der Waals surface area contributed by atoms with E-state index >= 15 is 0 Å². The molecule has 1 heterocycles. The maximum atomic E-state index is 4.49. The van der Waals surface area contributed by atoms with Crippen LogP contribution in [0.5, 0.6) is 0 Å². The highest BCUT2D eigenvalue weighted by molar-refractivity contribution is 8.12. The van der Waals surface area contributed by atoms with Crippen molar-refractivity contribution in [1.29, 1.82) is 0 Å². The Labute approximate surface area is 66.3 Å². The first-order chi connectivity index (χ1) is 4.97. The standard InChI is InChI=1S/C8H13NS/c1-2-4-8-7(3-1)5-10-6-9-8/h6-8H,1-5H2. The Balaban J connectivity index is 2.03. The van der Waals surface area contributed by atoms with Crippen LogP contribution in [0.2, 0.25) is 0 Å². The third-order valence-corrected chi connectivity index (χ3v) is 3.40. The minimum Gasteiger partial charge on any atom is -0.283 e. The highest BCUT2D eigenvalue weighted by Gasteiger charge is 2.25. The van der Waals surface area contributed by atoms with Crippen molar-refractivity contribution in [2.24, 2.45) is 10.9 Å². The van der Waals surface area contributed by atoms with Gasteiger partial charge in [0.2, 0.25) is 0 Å². The summed E-state index contributed by atoms with van der Waals surface area (Å²) in [4.78, 5) is 4.49. The summed E-state index contributed by atoms with van der Waals surface area (Å²) < 4.78 is 0. The molecule has 2 unspecified atom stereocenters. The zero-order valence-electron chi connectivity index (χ0n) is 6.12. The first kappa shape index (κ1) is 6.71. The highest BCUT2D eigenvalue weighted by Crippen LogP contribution is 2.31. The average molecular weight is 155 g/mol. The van der Waals surface area contributed by atoms with Crippen molar-refractivity contribution >= 4 is 17.3 Å². The van der Waals surface area contributed by atoms with Gasteiger partial charge in [-0.1, -0.05) is 12.8 Å². The van der Waals surface area contributed by atoms with E-state index in [0.29, 0.717) is 6.04 Å². The van der Waals surface area contributed by atoms with Crippen molar-refractivity contribution in [1.82, 2.24) is 0 Å². The molecule has 0 saturated heterocycles. The van der Waals surface area contributed by atoms with Crippen LogP contribution in [0, 0.1) is 5.92 Å². The molecule has 56 valence electrons. The van der Waals surface area contributed by atoms with Crippen LogP contribution in [0.1, 0.15) is 25.7 Å². The van der Waals surface area contributed by atoms with E-state index in [1.165, 1.54) is 31.4 Å². The number of hydrogen-bond donors (Lipinski definition) is 0. The van der Waals surface area contributed by atoms with Gasteiger partial charge in [-0.15, -0.1) is 11.8 Å². The Kier molecular flexibility index (Phi) is 1.98. The van der Waals surface area contributed by atoms with E-state index < -0.39 is 0 Å². The Morgan fingerprint density at radius 2 is 2.20 bits per heavy atom. The first-order valence-electron chi connectivity index (χ1n) is 4.10. The lowest BCUT2D eigenvalue weighted by atomic mass is 9.86. The summed E-state index contributed by atoms with van der Waals surface area (Å²) in [7, 11) is 0. The normalized spacial score (nSPS) is 39.2. The van der Waals surface area contributed by atoms with E-state index in [-0.39, 0.29) is 0 Å². The van der Waals surface area contributed by atoms with Gasteiger partial charge in [-0.25, -0.2) is 0 Å². The lowest BCUT2D eigenvalue weighted by Crippen LogP contribution is -2.27. The molecule has 0 aromatic carbocycles. The van der Waals surface area contributed by atoms with E-state index in [1.54, 1.807) is 0 Å². The van der Waals surface area contributed by atoms with Gasteiger partial charge >= 0.3 is 0 Å². The molecule has 0 spiro atoms. The SMILES string of the molecule is C1=NC2CCCCC2CS1. The van der Waals surface area contributed by atoms with Crippen LogP contribution in [0.3, 0.4) is 0 Å². The second-order valence-corrected chi connectivity index (χ2v) is 4.08. The Hall–Kier alpha value is 0.0200. The van der Waals surface area contributed by atoms with Crippen LogP contribution >= 0.6 is 11.8 Å². The van der Waals surface area contributed by atoms with Gasteiger partial charge < -0.3 is 0 Å². The van der Waals surface area contributed by atoms with Crippen LogP contribution in [-0.2, 0) is 0 Å². The van der Waals surface area contributed by atoms with Crippen molar-refractivity contribution in [2.45, 2.75) is 31.7 Å². The predicted molar refractivity (Wildman–Crippen MR) is 46.7 cm³/mol. The molecule has 2 rings (SSSR count). The largest absolute Gasteiger partial charge is 0.283 e. The van der Waals surface area contributed by atoms with Crippen molar-refractivity contribution in [3.8, 4) is 0 Å². The third-order valence-electron chi connectivity index (χ3n) is 2.51. The van der Waals surface area contributed by atoms with Gasteiger partial charge in [-0.2, -0.15) is 0 Å². The van der Waals surface area contributed by atoms with Gasteiger partial charge in [0.15, 0.2) is 0 Å². The predicted octanol–water partition coefficient (Wildman–Crippen LogP) is 2.32. The summed E-state index contributed by atoms with van der Waals surface area (Å²) in [6, 6.07) is 0.704. The second-order valence-electron chi connectivity index (χ2n) is 3.20. The lowest BCUT2D eigenvalue weighted by molar-refractivity contribution is 0.337. The molecule has 1 aliphatic heterocycles. The molecule has 10 heavy (non-hydrogen) atoms.